The highest BCUT2D eigenvalue weighted by Gasteiger charge is 1.91. The summed E-state index contributed by atoms with van der Waals surface area (Å²) in [6, 6.07) is 8.09. The number of benzene rings is 1. The summed E-state index contributed by atoms with van der Waals surface area (Å²) in [5.74, 6) is 0. The number of imidazole rings is 1. The quantitative estimate of drug-likeness (QED) is 0.798. The molecule has 0 spiro atoms. The summed E-state index contributed by atoms with van der Waals surface area (Å²) < 4.78 is 3.00. The Morgan fingerprint density at radius 3 is 2.86 bits per heavy atom. The molecule has 0 amide bonds. The van der Waals surface area contributed by atoms with E-state index in [2.05, 4.69) is 27.0 Å². The zero-order valence-corrected chi connectivity index (χ0v) is 9.05. The molecule has 70 valence electrons. The van der Waals surface area contributed by atoms with Crippen LogP contribution in [0.4, 0.5) is 0 Å². The molecule has 1 aromatic carbocycles. The van der Waals surface area contributed by atoms with E-state index in [1.807, 2.05) is 41.2 Å². The van der Waals surface area contributed by atoms with Crippen LogP contribution in [0.15, 0.2) is 47.5 Å². The topological polar surface area (TPSA) is 17.8 Å². The molecule has 2 aromatic rings. The largest absolute Gasteiger partial charge is 0.313 e. The molecule has 0 aliphatic carbocycles. The highest BCUT2D eigenvalue weighted by atomic mass is 79.9. The maximum atomic E-state index is 3.96. The lowest BCUT2D eigenvalue weighted by atomic mass is 10.2. The average molecular weight is 249 g/mol. The summed E-state index contributed by atoms with van der Waals surface area (Å²) in [7, 11) is 0. The summed E-state index contributed by atoms with van der Waals surface area (Å²) >= 11 is 3.48. The van der Waals surface area contributed by atoms with Gasteiger partial charge in [-0.05, 0) is 17.7 Å². The Labute approximate surface area is 91.0 Å². The molecule has 0 atom stereocenters. The van der Waals surface area contributed by atoms with Crippen LogP contribution < -0.4 is 0 Å². The molecule has 0 aliphatic rings. The first-order valence-electron chi connectivity index (χ1n) is 4.26. The minimum Gasteiger partial charge on any atom is -0.313 e. The number of halogens is 1. The molecule has 1 aromatic heterocycles. The Hall–Kier alpha value is -1.35. The number of hydrogen-bond acceptors (Lipinski definition) is 1. The summed E-state index contributed by atoms with van der Waals surface area (Å²) in [5.41, 5.74) is 1.15. The molecule has 0 bridgehead atoms. The predicted molar refractivity (Wildman–Crippen MR) is 61.6 cm³/mol. The van der Waals surface area contributed by atoms with Gasteiger partial charge in [-0.15, -0.1) is 0 Å². The van der Waals surface area contributed by atoms with E-state index in [0.29, 0.717) is 0 Å². The minimum atomic E-state index is 1.09. The van der Waals surface area contributed by atoms with Crippen LogP contribution in [0.25, 0.3) is 12.3 Å². The summed E-state index contributed by atoms with van der Waals surface area (Å²) in [5, 5.41) is 0. The molecule has 2 nitrogen and oxygen atoms in total. The SMILES string of the molecule is Brc1ccccc1/C=C\n1ccnc1. The highest BCUT2D eigenvalue weighted by molar-refractivity contribution is 9.10. The molecule has 2 rings (SSSR count). The fraction of sp³-hybridized carbons (Fsp3) is 0. The van der Waals surface area contributed by atoms with Gasteiger partial charge in [0.25, 0.3) is 0 Å². The number of nitrogens with zero attached hydrogens (tertiary/aromatic N) is 2. The lowest BCUT2D eigenvalue weighted by Crippen LogP contribution is -1.79. The third kappa shape index (κ3) is 2.12. The highest BCUT2D eigenvalue weighted by Crippen LogP contribution is 2.17. The Balaban J connectivity index is 2.23. The van der Waals surface area contributed by atoms with Crippen molar-refractivity contribution in [2.24, 2.45) is 0 Å². The number of aromatic nitrogens is 2. The van der Waals surface area contributed by atoms with Crippen LogP contribution in [0.2, 0.25) is 0 Å². The monoisotopic (exact) mass is 248 g/mol. The average Bonchev–Trinajstić information content (AvgIpc) is 2.69. The van der Waals surface area contributed by atoms with Gasteiger partial charge < -0.3 is 4.57 Å². The Morgan fingerprint density at radius 1 is 1.29 bits per heavy atom. The van der Waals surface area contributed by atoms with E-state index in [1.165, 1.54) is 0 Å². The van der Waals surface area contributed by atoms with Gasteiger partial charge in [0.15, 0.2) is 0 Å². The molecule has 0 aliphatic heterocycles. The van der Waals surface area contributed by atoms with Gasteiger partial charge in [-0.25, -0.2) is 4.98 Å². The van der Waals surface area contributed by atoms with Crippen LogP contribution in [0.5, 0.6) is 0 Å². The van der Waals surface area contributed by atoms with Crippen LogP contribution in [0, 0.1) is 0 Å². The summed E-state index contributed by atoms with van der Waals surface area (Å²) in [6.07, 6.45) is 9.41. The zero-order valence-electron chi connectivity index (χ0n) is 7.47. The van der Waals surface area contributed by atoms with Gasteiger partial charge in [0.05, 0.1) is 6.33 Å². The van der Waals surface area contributed by atoms with Crippen molar-refractivity contribution in [3.8, 4) is 0 Å². The second kappa shape index (κ2) is 4.24. The van der Waals surface area contributed by atoms with Crippen molar-refractivity contribution in [2.75, 3.05) is 0 Å². The van der Waals surface area contributed by atoms with Crippen molar-refractivity contribution in [3.63, 3.8) is 0 Å². The van der Waals surface area contributed by atoms with E-state index in [4.69, 9.17) is 0 Å². The molecule has 0 N–H and O–H groups in total. The van der Waals surface area contributed by atoms with Crippen LogP contribution in [-0.4, -0.2) is 9.55 Å². The van der Waals surface area contributed by atoms with Crippen LogP contribution in [0.1, 0.15) is 5.56 Å². The van der Waals surface area contributed by atoms with Gasteiger partial charge >= 0.3 is 0 Å². The Morgan fingerprint density at radius 2 is 2.14 bits per heavy atom. The zero-order chi connectivity index (χ0) is 9.80. The Kier molecular flexibility index (Phi) is 2.79. The van der Waals surface area contributed by atoms with Crippen LogP contribution in [-0.2, 0) is 0 Å². The summed E-state index contributed by atoms with van der Waals surface area (Å²) in [6.45, 7) is 0. The van der Waals surface area contributed by atoms with Crippen molar-refractivity contribution >= 4 is 28.2 Å². The fourth-order valence-corrected chi connectivity index (χ4v) is 1.55. The second-order valence-corrected chi connectivity index (χ2v) is 3.70. The standard InChI is InChI=1S/C11H9BrN2/c12-11-4-2-1-3-10(11)5-7-14-8-6-13-9-14/h1-9H/b7-5-. The first-order chi connectivity index (χ1) is 6.86. The summed E-state index contributed by atoms with van der Waals surface area (Å²) in [4.78, 5) is 3.96. The molecule has 0 radical (unpaired) electrons. The van der Waals surface area contributed by atoms with E-state index in [9.17, 15) is 0 Å². The van der Waals surface area contributed by atoms with E-state index in [1.54, 1.807) is 12.5 Å². The van der Waals surface area contributed by atoms with Gasteiger partial charge in [0, 0.05) is 23.1 Å². The van der Waals surface area contributed by atoms with E-state index in [-0.39, 0.29) is 0 Å². The molecular weight excluding hydrogens is 240 g/mol. The van der Waals surface area contributed by atoms with Gasteiger partial charge in [0.2, 0.25) is 0 Å². The first-order valence-corrected chi connectivity index (χ1v) is 5.06. The van der Waals surface area contributed by atoms with Crippen LogP contribution in [0.3, 0.4) is 0 Å². The molecule has 0 saturated carbocycles. The Bertz CT molecular complexity index is 432. The van der Waals surface area contributed by atoms with Gasteiger partial charge in [-0.3, -0.25) is 0 Å². The van der Waals surface area contributed by atoms with Crippen molar-refractivity contribution in [1.82, 2.24) is 9.55 Å². The van der Waals surface area contributed by atoms with Crippen molar-refractivity contribution < 1.29 is 0 Å². The lowest BCUT2D eigenvalue weighted by molar-refractivity contribution is 1.14. The third-order valence-corrected chi connectivity index (χ3v) is 2.58. The van der Waals surface area contributed by atoms with Gasteiger partial charge in [0.1, 0.15) is 0 Å². The predicted octanol–water partition coefficient (Wildman–Crippen LogP) is 3.27. The third-order valence-electron chi connectivity index (χ3n) is 1.86. The van der Waals surface area contributed by atoms with Crippen LogP contribution >= 0.6 is 15.9 Å². The van der Waals surface area contributed by atoms with Gasteiger partial charge in [-0.1, -0.05) is 34.1 Å². The fourth-order valence-electron chi connectivity index (χ4n) is 1.13. The minimum absolute atomic E-state index is 1.09. The smallest absolute Gasteiger partial charge is 0.0986 e. The van der Waals surface area contributed by atoms with E-state index >= 15 is 0 Å². The maximum Gasteiger partial charge on any atom is 0.0986 e. The normalized spacial score (nSPS) is 10.9. The molecule has 0 saturated heterocycles. The van der Waals surface area contributed by atoms with E-state index in [0.717, 1.165) is 10.0 Å². The maximum absolute atomic E-state index is 3.96. The van der Waals surface area contributed by atoms with Crippen molar-refractivity contribution in [3.05, 3.63) is 53.0 Å². The van der Waals surface area contributed by atoms with Crippen molar-refractivity contribution in [1.29, 1.82) is 0 Å². The number of rotatable bonds is 2. The number of hydrogen-bond donors (Lipinski definition) is 0. The lowest BCUT2D eigenvalue weighted by Gasteiger charge is -1.96. The van der Waals surface area contributed by atoms with Gasteiger partial charge in [-0.2, -0.15) is 0 Å². The first kappa shape index (κ1) is 9.21. The van der Waals surface area contributed by atoms with Crippen molar-refractivity contribution in [2.45, 2.75) is 0 Å². The second-order valence-electron chi connectivity index (χ2n) is 2.85. The molecular formula is C11H9BrN2. The molecule has 3 heteroatoms. The molecule has 0 unspecified atom stereocenters. The molecule has 0 fully saturated rings. The molecule has 14 heavy (non-hydrogen) atoms. The van der Waals surface area contributed by atoms with E-state index < -0.39 is 0 Å². The molecule has 1 heterocycles.